The molecule has 2 N–H and O–H groups in total. The van der Waals surface area contributed by atoms with E-state index in [1.165, 1.54) is 10.4 Å². The Balaban J connectivity index is 2.16. The van der Waals surface area contributed by atoms with Crippen LogP contribution in [-0.4, -0.2) is 18.5 Å². The van der Waals surface area contributed by atoms with Crippen molar-refractivity contribution in [3.8, 4) is 0 Å². The fourth-order valence-electron chi connectivity index (χ4n) is 2.15. The lowest BCUT2D eigenvalue weighted by molar-refractivity contribution is 0.244. The minimum atomic E-state index is 0.195. The van der Waals surface area contributed by atoms with Crippen molar-refractivity contribution in [3.05, 3.63) is 56.7 Å². The van der Waals surface area contributed by atoms with Crippen LogP contribution in [0, 0.1) is 6.92 Å². The van der Waals surface area contributed by atoms with Crippen molar-refractivity contribution in [1.82, 2.24) is 4.90 Å². The van der Waals surface area contributed by atoms with Crippen LogP contribution in [0.15, 0.2) is 35.7 Å². The molecule has 0 bridgehead atoms. The molecule has 0 amide bonds. The molecule has 0 spiro atoms. The van der Waals surface area contributed by atoms with Crippen LogP contribution in [0.1, 0.15) is 22.0 Å². The maximum absolute atomic E-state index is 6.21. The Morgan fingerprint density at radius 2 is 2.16 bits per heavy atom. The second-order valence-electron chi connectivity index (χ2n) is 4.75. The third kappa shape index (κ3) is 3.57. The van der Waals surface area contributed by atoms with E-state index in [-0.39, 0.29) is 6.04 Å². The van der Waals surface area contributed by atoms with Crippen molar-refractivity contribution in [2.45, 2.75) is 19.5 Å². The lowest BCUT2D eigenvalue weighted by Gasteiger charge is -2.27. The highest BCUT2D eigenvalue weighted by atomic mass is 35.5. The summed E-state index contributed by atoms with van der Waals surface area (Å²) in [6.45, 7) is 3.51. The zero-order valence-corrected chi connectivity index (χ0v) is 12.8. The summed E-state index contributed by atoms with van der Waals surface area (Å²) in [5.74, 6) is 0. The number of nitrogens with two attached hydrogens (primary N) is 1. The largest absolute Gasteiger partial charge is 0.329 e. The molecule has 0 saturated carbocycles. The van der Waals surface area contributed by atoms with Gasteiger partial charge in [0.2, 0.25) is 0 Å². The molecule has 1 unspecified atom stereocenters. The third-order valence-corrected chi connectivity index (χ3v) is 4.59. The van der Waals surface area contributed by atoms with E-state index < -0.39 is 0 Å². The zero-order chi connectivity index (χ0) is 13.8. The Labute approximate surface area is 123 Å². The van der Waals surface area contributed by atoms with Crippen LogP contribution < -0.4 is 5.73 Å². The summed E-state index contributed by atoms with van der Waals surface area (Å²) in [7, 11) is 2.10. The molecule has 0 saturated heterocycles. The minimum Gasteiger partial charge on any atom is -0.329 e. The molecule has 0 fully saturated rings. The van der Waals surface area contributed by atoms with E-state index in [0.29, 0.717) is 6.54 Å². The molecule has 2 rings (SSSR count). The Morgan fingerprint density at radius 1 is 1.37 bits per heavy atom. The van der Waals surface area contributed by atoms with Gasteiger partial charge in [-0.05, 0) is 42.6 Å². The number of likely N-dealkylation sites (N-methyl/N-ethyl adjacent to an activating group) is 1. The number of benzene rings is 1. The van der Waals surface area contributed by atoms with Crippen molar-refractivity contribution in [1.29, 1.82) is 0 Å². The molecule has 1 heterocycles. The van der Waals surface area contributed by atoms with Crippen LogP contribution in [0.2, 0.25) is 5.02 Å². The van der Waals surface area contributed by atoms with Crippen molar-refractivity contribution in [2.24, 2.45) is 5.73 Å². The molecule has 4 heteroatoms. The Morgan fingerprint density at radius 3 is 2.74 bits per heavy atom. The molecule has 0 aliphatic rings. The number of rotatable bonds is 5. The van der Waals surface area contributed by atoms with Crippen LogP contribution in [0.5, 0.6) is 0 Å². The van der Waals surface area contributed by atoms with Gasteiger partial charge in [0.1, 0.15) is 0 Å². The third-order valence-electron chi connectivity index (χ3n) is 3.32. The summed E-state index contributed by atoms with van der Waals surface area (Å²) in [6, 6.07) is 10.6. The van der Waals surface area contributed by atoms with E-state index in [2.05, 4.69) is 41.6 Å². The SMILES string of the molecule is Cc1ccc(C(CN)N(C)Cc2cccs2)cc1Cl. The standard InChI is InChI=1S/C15H19ClN2S/c1-11-5-6-12(8-14(11)16)15(9-17)18(2)10-13-4-3-7-19-13/h3-8,15H,9-10,17H2,1-2H3. The normalized spacial score (nSPS) is 12.9. The quantitative estimate of drug-likeness (QED) is 0.908. The molecule has 0 radical (unpaired) electrons. The van der Waals surface area contributed by atoms with Crippen molar-refractivity contribution in [3.63, 3.8) is 0 Å². The summed E-state index contributed by atoms with van der Waals surface area (Å²) in [5.41, 5.74) is 8.22. The second kappa shape index (κ2) is 6.53. The maximum Gasteiger partial charge on any atom is 0.0471 e. The highest BCUT2D eigenvalue weighted by Gasteiger charge is 2.16. The molecule has 1 aromatic heterocycles. The lowest BCUT2D eigenvalue weighted by atomic mass is 10.0. The van der Waals surface area contributed by atoms with E-state index in [9.17, 15) is 0 Å². The first-order valence-electron chi connectivity index (χ1n) is 6.30. The molecule has 0 aliphatic carbocycles. The van der Waals surface area contributed by atoms with Gasteiger partial charge >= 0.3 is 0 Å². The summed E-state index contributed by atoms with van der Waals surface area (Å²) in [5, 5.41) is 2.91. The zero-order valence-electron chi connectivity index (χ0n) is 11.3. The van der Waals surface area contributed by atoms with Gasteiger partial charge in [-0.1, -0.05) is 29.8 Å². The average molecular weight is 295 g/mol. The van der Waals surface area contributed by atoms with Crippen LogP contribution in [0.25, 0.3) is 0 Å². The monoisotopic (exact) mass is 294 g/mol. The Hall–Kier alpha value is -0.870. The fourth-order valence-corrected chi connectivity index (χ4v) is 3.10. The van der Waals surface area contributed by atoms with Gasteiger partial charge in [-0.15, -0.1) is 11.3 Å². The van der Waals surface area contributed by atoms with Gasteiger partial charge in [0.25, 0.3) is 0 Å². The predicted molar refractivity (Wildman–Crippen MR) is 83.8 cm³/mol. The van der Waals surface area contributed by atoms with Gasteiger partial charge in [-0.2, -0.15) is 0 Å². The fraction of sp³-hybridized carbons (Fsp3) is 0.333. The molecule has 2 aromatic rings. The summed E-state index contributed by atoms with van der Waals surface area (Å²) in [6.07, 6.45) is 0. The molecule has 0 aliphatic heterocycles. The molecule has 19 heavy (non-hydrogen) atoms. The van der Waals surface area contributed by atoms with E-state index in [1.807, 2.05) is 13.0 Å². The van der Waals surface area contributed by atoms with E-state index >= 15 is 0 Å². The van der Waals surface area contributed by atoms with Crippen LogP contribution >= 0.6 is 22.9 Å². The highest BCUT2D eigenvalue weighted by molar-refractivity contribution is 7.09. The van der Waals surface area contributed by atoms with Gasteiger partial charge in [-0.25, -0.2) is 0 Å². The average Bonchev–Trinajstić information content (AvgIpc) is 2.87. The second-order valence-corrected chi connectivity index (χ2v) is 6.19. The van der Waals surface area contributed by atoms with E-state index in [4.69, 9.17) is 17.3 Å². The number of hydrogen-bond acceptors (Lipinski definition) is 3. The number of halogens is 1. The summed E-state index contributed by atoms with van der Waals surface area (Å²) in [4.78, 5) is 3.62. The smallest absolute Gasteiger partial charge is 0.0471 e. The first-order valence-corrected chi connectivity index (χ1v) is 7.56. The van der Waals surface area contributed by atoms with Crippen LogP contribution in [0.4, 0.5) is 0 Å². The lowest BCUT2D eigenvalue weighted by Crippen LogP contribution is -2.29. The number of thiophene rings is 1. The van der Waals surface area contributed by atoms with Gasteiger partial charge in [-0.3, -0.25) is 4.90 Å². The Bertz CT molecular complexity index is 525. The molecule has 102 valence electrons. The van der Waals surface area contributed by atoms with Crippen LogP contribution in [-0.2, 0) is 6.54 Å². The molecule has 1 aromatic carbocycles. The van der Waals surface area contributed by atoms with E-state index in [0.717, 1.165) is 17.1 Å². The van der Waals surface area contributed by atoms with Gasteiger partial charge < -0.3 is 5.73 Å². The molecular weight excluding hydrogens is 276 g/mol. The van der Waals surface area contributed by atoms with Gasteiger partial charge in [0, 0.05) is 29.0 Å². The highest BCUT2D eigenvalue weighted by Crippen LogP contribution is 2.25. The first kappa shape index (κ1) is 14.5. The molecule has 1 atom stereocenters. The van der Waals surface area contributed by atoms with Crippen molar-refractivity contribution >= 4 is 22.9 Å². The minimum absolute atomic E-state index is 0.195. The molecular formula is C15H19ClN2S. The summed E-state index contributed by atoms with van der Waals surface area (Å²) < 4.78 is 0. The van der Waals surface area contributed by atoms with Crippen LogP contribution in [0.3, 0.4) is 0 Å². The summed E-state index contributed by atoms with van der Waals surface area (Å²) >= 11 is 7.98. The van der Waals surface area contributed by atoms with Crippen molar-refractivity contribution in [2.75, 3.05) is 13.6 Å². The maximum atomic E-state index is 6.21. The Kier molecular flexibility index (Phi) is 4.99. The first-order chi connectivity index (χ1) is 9.11. The van der Waals surface area contributed by atoms with Gasteiger partial charge in [0.05, 0.1) is 0 Å². The topological polar surface area (TPSA) is 29.3 Å². The number of aryl methyl sites for hydroxylation is 1. The van der Waals surface area contributed by atoms with Crippen molar-refractivity contribution < 1.29 is 0 Å². The number of nitrogens with zero attached hydrogens (tertiary/aromatic N) is 1. The predicted octanol–water partition coefficient (Wildman–Crippen LogP) is 3.84. The van der Waals surface area contributed by atoms with E-state index in [1.54, 1.807) is 11.3 Å². The number of hydrogen-bond donors (Lipinski definition) is 1. The molecule has 2 nitrogen and oxygen atoms in total. The van der Waals surface area contributed by atoms with Gasteiger partial charge in [0.15, 0.2) is 0 Å².